The van der Waals surface area contributed by atoms with E-state index in [4.69, 9.17) is 0 Å². The zero-order valence-electron chi connectivity index (χ0n) is 27.9. The van der Waals surface area contributed by atoms with Crippen LogP contribution in [0.4, 0.5) is 0 Å². The van der Waals surface area contributed by atoms with Crippen molar-refractivity contribution in [2.75, 3.05) is 33.2 Å². The van der Waals surface area contributed by atoms with E-state index in [1.54, 1.807) is 0 Å². The summed E-state index contributed by atoms with van der Waals surface area (Å²) in [7, 11) is 0.677. The van der Waals surface area contributed by atoms with E-state index in [1.807, 2.05) is 72.8 Å². The summed E-state index contributed by atoms with van der Waals surface area (Å²) in [4.78, 5) is 57.8. The quantitative estimate of drug-likeness (QED) is 0.0746. The maximum atomic E-state index is 13.2. The molecule has 7 nitrogen and oxygen atoms in total. The number of nitrogens with zero attached hydrogens (tertiary/aromatic N) is 3. The van der Waals surface area contributed by atoms with Gasteiger partial charge in [0, 0.05) is 54.2 Å². The zero-order chi connectivity index (χ0) is 33.1. The Morgan fingerprint density at radius 1 is 0.511 bits per heavy atom. The molecule has 6 rings (SSSR count). The third-order valence-electron chi connectivity index (χ3n) is 10.0. The van der Waals surface area contributed by atoms with E-state index in [-0.39, 0.29) is 23.6 Å². The van der Waals surface area contributed by atoms with Crippen LogP contribution in [-0.2, 0) is 0 Å². The summed E-state index contributed by atoms with van der Waals surface area (Å²) in [6.07, 6.45) is 6.34. The summed E-state index contributed by atoms with van der Waals surface area (Å²) in [5.41, 5.74) is 2.51. The topological polar surface area (TPSA) is 78.0 Å². The molecule has 0 N–H and O–H groups in total. The zero-order valence-corrected chi connectivity index (χ0v) is 28.9. The summed E-state index contributed by atoms with van der Waals surface area (Å²) < 4.78 is 0. The first kappa shape index (κ1) is 32.8. The number of carbonyl (C=O) groups excluding carboxylic acids is 4. The molecule has 8 heteroatoms. The van der Waals surface area contributed by atoms with E-state index in [0.29, 0.717) is 35.3 Å². The highest BCUT2D eigenvalue weighted by Gasteiger charge is 2.34. The average molecular weight is 648 g/mol. The minimum atomic E-state index is -1.44. The van der Waals surface area contributed by atoms with Crippen molar-refractivity contribution in [3.8, 4) is 0 Å². The van der Waals surface area contributed by atoms with Gasteiger partial charge in [-0.3, -0.25) is 29.0 Å². The third kappa shape index (κ3) is 6.80. The van der Waals surface area contributed by atoms with Crippen LogP contribution >= 0.6 is 0 Å². The van der Waals surface area contributed by atoms with Crippen molar-refractivity contribution in [3.63, 3.8) is 0 Å². The summed E-state index contributed by atoms with van der Waals surface area (Å²) in [5.74, 6) is -0.710. The Kier molecular flexibility index (Phi) is 9.71. The normalized spacial score (nSPS) is 14.7. The molecule has 2 aliphatic rings. The fraction of sp³-hybridized carbons (Fsp3) is 0.385. The standard InChI is InChI=1S/C39H45N3O4Si/c1-40(23-12-24-41-36(43)30-18-8-14-28-15-9-19-31(34(28)30)37(41)44)22-6-4-5-7-26-47(2,3)27-13-25-42-38(45)32-20-10-16-29-17-11-21-33(35(29)32)39(42)46/h8-11,14-21H,4-7,12-13,22-27H2,1-3H3. The maximum Gasteiger partial charge on any atom is 0.261 e. The summed E-state index contributed by atoms with van der Waals surface area (Å²) in [5, 5.41) is 3.44. The molecule has 0 bridgehead atoms. The predicted molar refractivity (Wildman–Crippen MR) is 191 cm³/mol. The van der Waals surface area contributed by atoms with Crippen LogP contribution < -0.4 is 0 Å². The van der Waals surface area contributed by atoms with Gasteiger partial charge in [-0.2, -0.15) is 0 Å². The lowest BCUT2D eigenvalue weighted by molar-refractivity contribution is 0.0592. The van der Waals surface area contributed by atoms with Crippen LogP contribution in [0.3, 0.4) is 0 Å². The molecule has 0 unspecified atom stereocenters. The van der Waals surface area contributed by atoms with Crippen LogP contribution in [0, 0.1) is 0 Å². The summed E-state index contributed by atoms with van der Waals surface area (Å²) >= 11 is 0. The van der Waals surface area contributed by atoms with E-state index < -0.39 is 8.07 Å². The van der Waals surface area contributed by atoms with Crippen molar-refractivity contribution in [1.82, 2.24) is 14.7 Å². The van der Waals surface area contributed by atoms with Crippen LogP contribution in [0.2, 0.25) is 25.2 Å². The Balaban J connectivity index is 0.866. The predicted octanol–water partition coefficient (Wildman–Crippen LogP) is 7.87. The second kappa shape index (κ2) is 13.9. The number of unbranched alkanes of at least 4 members (excludes halogenated alkanes) is 3. The van der Waals surface area contributed by atoms with Gasteiger partial charge in [0.2, 0.25) is 0 Å². The van der Waals surface area contributed by atoms with Crippen molar-refractivity contribution in [3.05, 3.63) is 95.1 Å². The van der Waals surface area contributed by atoms with Gasteiger partial charge in [0.25, 0.3) is 23.6 Å². The number of hydrogen-bond acceptors (Lipinski definition) is 5. The molecule has 0 radical (unpaired) electrons. The minimum absolute atomic E-state index is 0.166. The largest absolute Gasteiger partial charge is 0.306 e. The Bertz CT molecular complexity index is 1750. The van der Waals surface area contributed by atoms with E-state index in [1.165, 1.54) is 35.1 Å². The van der Waals surface area contributed by atoms with Crippen molar-refractivity contribution < 1.29 is 19.2 Å². The number of carbonyl (C=O) groups is 4. The molecule has 47 heavy (non-hydrogen) atoms. The lowest BCUT2D eigenvalue weighted by Gasteiger charge is -2.29. The van der Waals surface area contributed by atoms with Gasteiger partial charge < -0.3 is 4.90 Å². The van der Waals surface area contributed by atoms with Gasteiger partial charge in [-0.05, 0) is 74.4 Å². The molecular formula is C39H45N3O4Si. The number of imide groups is 2. The van der Waals surface area contributed by atoms with Crippen LogP contribution in [0.15, 0.2) is 72.8 Å². The van der Waals surface area contributed by atoms with Crippen LogP contribution in [0.1, 0.15) is 80.0 Å². The number of amides is 4. The van der Waals surface area contributed by atoms with Crippen LogP contribution in [0.25, 0.3) is 21.5 Å². The van der Waals surface area contributed by atoms with E-state index in [0.717, 1.165) is 59.9 Å². The molecule has 0 saturated carbocycles. The van der Waals surface area contributed by atoms with Gasteiger partial charge in [-0.25, -0.2) is 0 Å². The van der Waals surface area contributed by atoms with Gasteiger partial charge in [-0.15, -0.1) is 0 Å². The highest BCUT2D eigenvalue weighted by Crippen LogP contribution is 2.32. The Morgan fingerprint density at radius 2 is 0.894 bits per heavy atom. The monoisotopic (exact) mass is 647 g/mol. The van der Waals surface area contributed by atoms with Gasteiger partial charge in [0.15, 0.2) is 0 Å². The lowest BCUT2D eigenvalue weighted by Crippen LogP contribution is -2.41. The van der Waals surface area contributed by atoms with E-state index in [2.05, 4.69) is 25.0 Å². The Hall–Kier alpha value is -4.14. The van der Waals surface area contributed by atoms with Crippen molar-refractivity contribution >= 4 is 53.2 Å². The highest BCUT2D eigenvalue weighted by molar-refractivity contribution is 6.77. The van der Waals surface area contributed by atoms with Crippen LogP contribution in [-0.4, -0.2) is 79.6 Å². The molecular weight excluding hydrogens is 603 g/mol. The molecule has 4 aromatic rings. The molecule has 0 aromatic heterocycles. The second-order valence-corrected chi connectivity index (χ2v) is 19.4. The fourth-order valence-corrected chi connectivity index (χ4v) is 9.93. The summed E-state index contributed by atoms with van der Waals surface area (Å²) in [6.45, 7) is 7.59. The molecule has 0 fully saturated rings. The van der Waals surface area contributed by atoms with Crippen molar-refractivity contribution in [1.29, 1.82) is 0 Å². The average Bonchev–Trinajstić information content (AvgIpc) is 3.07. The van der Waals surface area contributed by atoms with Crippen LogP contribution in [0.5, 0.6) is 0 Å². The number of hydrogen-bond donors (Lipinski definition) is 0. The first-order chi connectivity index (χ1) is 22.7. The van der Waals surface area contributed by atoms with Gasteiger partial charge in [0.05, 0.1) is 0 Å². The number of rotatable bonds is 15. The van der Waals surface area contributed by atoms with Crippen molar-refractivity contribution in [2.24, 2.45) is 0 Å². The molecule has 0 saturated heterocycles. The highest BCUT2D eigenvalue weighted by atomic mass is 28.3. The Labute approximate surface area is 278 Å². The second-order valence-electron chi connectivity index (χ2n) is 14.0. The molecule has 2 heterocycles. The Morgan fingerprint density at radius 3 is 1.36 bits per heavy atom. The van der Waals surface area contributed by atoms with Gasteiger partial charge in [-0.1, -0.05) is 93.0 Å². The lowest BCUT2D eigenvalue weighted by atomic mass is 9.94. The smallest absolute Gasteiger partial charge is 0.261 e. The molecule has 0 atom stereocenters. The molecule has 0 aliphatic carbocycles. The number of benzene rings is 4. The third-order valence-corrected chi connectivity index (χ3v) is 13.4. The minimum Gasteiger partial charge on any atom is -0.306 e. The first-order valence-corrected chi connectivity index (χ1v) is 20.5. The van der Waals surface area contributed by atoms with Gasteiger partial charge >= 0.3 is 0 Å². The maximum absolute atomic E-state index is 13.2. The van der Waals surface area contributed by atoms with Crippen molar-refractivity contribution in [2.45, 2.75) is 63.7 Å². The molecule has 244 valence electrons. The fourth-order valence-electron chi connectivity index (χ4n) is 7.36. The molecule has 0 spiro atoms. The SMILES string of the molecule is CN(CCCCCC[Si](C)(C)CCCN1C(=O)c2cccc3cccc(c23)C1=O)CCCN1C(=O)c2cccc3cccc(c23)C1=O. The van der Waals surface area contributed by atoms with E-state index >= 15 is 0 Å². The first-order valence-electron chi connectivity index (χ1n) is 17.1. The molecule has 4 amide bonds. The summed E-state index contributed by atoms with van der Waals surface area (Å²) in [6, 6.07) is 25.0. The molecule has 2 aliphatic heterocycles. The van der Waals surface area contributed by atoms with E-state index in [9.17, 15) is 19.2 Å². The van der Waals surface area contributed by atoms with Gasteiger partial charge in [0.1, 0.15) is 0 Å². The molecule has 4 aromatic carbocycles.